The standard InChI is InChI=1S/C23H20F3N5O2/c24-15-4-1-5-16(25)20(15)19-7-3-9-30(19)22(32)18-12-14-13-29(10-11-31(14)28-18)23(33)21-17(26)6-2-8-27-21/h1-2,4-6,8,12,19H,3,7,9-11,13H2. The van der Waals surface area contributed by atoms with Crippen molar-refractivity contribution in [1.82, 2.24) is 24.6 Å². The average molecular weight is 455 g/mol. The van der Waals surface area contributed by atoms with Gasteiger partial charge in [-0.25, -0.2) is 18.2 Å². The minimum absolute atomic E-state index is 0.110. The number of halogens is 3. The quantitative estimate of drug-likeness (QED) is 0.608. The number of aromatic nitrogens is 3. The number of rotatable bonds is 3. The summed E-state index contributed by atoms with van der Waals surface area (Å²) >= 11 is 0. The summed E-state index contributed by atoms with van der Waals surface area (Å²) in [6.07, 6.45) is 2.43. The highest BCUT2D eigenvalue weighted by atomic mass is 19.1. The van der Waals surface area contributed by atoms with Gasteiger partial charge in [0.25, 0.3) is 11.8 Å². The van der Waals surface area contributed by atoms with Crippen LogP contribution in [0.15, 0.2) is 42.6 Å². The first-order valence-corrected chi connectivity index (χ1v) is 10.7. The fraction of sp³-hybridized carbons (Fsp3) is 0.304. The van der Waals surface area contributed by atoms with Gasteiger partial charge in [0, 0.05) is 24.8 Å². The van der Waals surface area contributed by atoms with Crippen LogP contribution in [0, 0.1) is 17.5 Å². The molecule has 1 saturated heterocycles. The van der Waals surface area contributed by atoms with Gasteiger partial charge in [-0.15, -0.1) is 0 Å². The molecule has 170 valence electrons. The molecule has 10 heteroatoms. The molecule has 2 aromatic heterocycles. The normalized spacial score (nSPS) is 17.8. The predicted molar refractivity (Wildman–Crippen MR) is 111 cm³/mol. The summed E-state index contributed by atoms with van der Waals surface area (Å²) in [6.45, 7) is 1.11. The highest BCUT2D eigenvalue weighted by Crippen LogP contribution is 2.36. The van der Waals surface area contributed by atoms with Crippen molar-refractivity contribution in [2.45, 2.75) is 32.0 Å². The SMILES string of the molecule is O=C(c1ncccc1F)N1CCn2nc(C(=O)N3CCCC3c3c(F)cccc3F)cc2C1. The van der Waals surface area contributed by atoms with E-state index >= 15 is 0 Å². The van der Waals surface area contributed by atoms with Gasteiger partial charge in [-0.2, -0.15) is 5.10 Å². The average Bonchev–Trinajstić information content (AvgIpc) is 3.45. The lowest BCUT2D eigenvalue weighted by atomic mass is 10.0. The predicted octanol–water partition coefficient (Wildman–Crippen LogP) is 3.33. The first-order chi connectivity index (χ1) is 15.9. The summed E-state index contributed by atoms with van der Waals surface area (Å²) in [6, 6.07) is 7.12. The Balaban J connectivity index is 1.37. The Bertz CT molecular complexity index is 1220. The molecule has 5 rings (SSSR count). The molecule has 2 aliphatic heterocycles. The molecule has 3 aromatic rings. The van der Waals surface area contributed by atoms with Crippen LogP contribution in [0.3, 0.4) is 0 Å². The lowest BCUT2D eigenvalue weighted by molar-refractivity contribution is 0.0689. The van der Waals surface area contributed by atoms with Crippen molar-refractivity contribution in [2.24, 2.45) is 0 Å². The smallest absolute Gasteiger partial charge is 0.275 e. The maximum Gasteiger partial charge on any atom is 0.275 e. The monoisotopic (exact) mass is 455 g/mol. The molecular formula is C23H20F3N5O2. The van der Waals surface area contributed by atoms with Crippen molar-refractivity contribution >= 4 is 11.8 Å². The Morgan fingerprint density at radius 3 is 2.45 bits per heavy atom. The van der Waals surface area contributed by atoms with E-state index in [0.29, 0.717) is 31.6 Å². The van der Waals surface area contributed by atoms with Crippen molar-refractivity contribution in [3.05, 3.63) is 82.7 Å². The van der Waals surface area contributed by atoms with E-state index in [4.69, 9.17) is 0 Å². The Kier molecular flexibility index (Phi) is 5.35. The van der Waals surface area contributed by atoms with Crippen LogP contribution >= 0.6 is 0 Å². The fourth-order valence-corrected chi connectivity index (χ4v) is 4.52. The molecule has 1 unspecified atom stereocenters. The van der Waals surface area contributed by atoms with Crippen LogP contribution in [0.5, 0.6) is 0 Å². The molecule has 0 saturated carbocycles. The number of amides is 2. The summed E-state index contributed by atoms with van der Waals surface area (Å²) < 4.78 is 44.3. The molecular weight excluding hydrogens is 435 g/mol. The third-order valence-electron chi connectivity index (χ3n) is 6.11. The zero-order valence-electron chi connectivity index (χ0n) is 17.5. The molecule has 1 atom stereocenters. The van der Waals surface area contributed by atoms with Gasteiger partial charge in [0.15, 0.2) is 17.2 Å². The van der Waals surface area contributed by atoms with Gasteiger partial charge in [0.1, 0.15) is 11.6 Å². The van der Waals surface area contributed by atoms with E-state index < -0.39 is 35.3 Å². The van der Waals surface area contributed by atoms with E-state index in [0.717, 1.165) is 0 Å². The van der Waals surface area contributed by atoms with Gasteiger partial charge in [0.2, 0.25) is 0 Å². The highest BCUT2D eigenvalue weighted by Gasteiger charge is 2.36. The molecule has 0 bridgehead atoms. The molecule has 1 fully saturated rings. The van der Waals surface area contributed by atoms with Gasteiger partial charge in [-0.05, 0) is 43.2 Å². The zero-order chi connectivity index (χ0) is 23.1. The van der Waals surface area contributed by atoms with E-state index in [2.05, 4.69) is 10.1 Å². The Hall–Kier alpha value is -3.69. The summed E-state index contributed by atoms with van der Waals surface area (Å²) in [5, 5.41) is 4.36. The Labute approximate surface area is 187 Å². The second-order valence-electron chi connectivity index (χ2n) is 8.10. The molecule has 4 heterocycles. The largest absolute Gasteiger partial charge is 0.330 e. The van der Waals surface area contributed by atoms with E-state index in [-0.39, 0.29) is 30.0 Å². The van der Waals surface area contributed by atoms with Gasteiger partial charge in [-0.1, -0.05) is 6.07 Å². The van der Waals surface area contributed by atoms with Crippen LogP contribution in [0.1, 0.15) is 51.1 Å². The summed E-state index contributed by atoms with van der Waals surface area (Å²) in [4.78, 5) is 32.6. The Morgan fingerprint density at radius 1 is 0.939 bits per heavy atom. The molecule has 0 aliphatic carbocycles. The van der Waals surface area contributed by atoms with Crippen molar-refractivity contribution < 1.29 is 22.8 Å². The molecule has 1 aromatic carbocycles. The molecule has 2 amide bonds. The number of hydrogen-bond acceptors (Lipinski definition) is 4. The summed E-state index contributed by atoms with van der Waals surface area (Å²) in [7, 11) is 0. The van der Waals surface area contributed by atoms with E-state index in [1.807, 2.05) is 0 Å². The van der Waals surface area contributed by atoms with Gasteiger partial charge in [0.05, 0.1) is 24.8 Å². The van der Waals surface area contributed by atoms with Crippen LogP contribution in [-0.2, 0) is 13.1 Å². The second-order valence-corrected chi connectivity index (χ2v) is 8.10. The van der Waals surface area contributed by atoms with Crippen molar-refractivity contribution in [2.75, 3.05) is 13.1 Å². The molecule has 0 radical (unpaired) electrons. The van der Waals surface area contributed by atoms with Crippen LogP contribution in [0.4, 0.5) is 13.2 Å². The van der Waals surface area contributed by atoms with Crippen LogP contribution in [0.25, 0.3) is 0 Å². The van der Waals surface area contributed by atoms with Crippen LogP contribution in [0.2, 0.25) is 0 Å². The minimum Gasteiger partial charge on any atom is -0.330 e. The van der Waals surface area contributed by atoms with Crippen LogP contribution in [-0.4, -0.2) is 49.5 Å². The summed E-state index contributed by atoms with van der Waals surface area (Å²) in [5.74, 6) is -3.02. The molecule has 2 aliphatic rings. The molecule has 7 nitrogen and oxygen atoms in total. The number of hydrogen-bond donors (Lipinski definition) is 0. The van der Waals surface area contributed by atoms with Gasteiger partial charge in [-0.3, -0.25) is 14.3 Å². The van der Waals surface area contributed by atoms with Crippen molar-refractivity contribution in [3.63, 3.8) is 0 Å². The van der Waals surface area contributed by atoms with E-state index in [1.165, 1.54) is 46.3 Å². The van der Waals surface area contributed by atoms with Crippen molar-refractivity contribution in [3.8, 4) is 0 Å². The third-order valence-corrected chi connectivity index (χ3v) is 6.11. The minimum atomic E-state index is -0.706. The highest BCUT2D eigenvalue weighted by molar-refractivity contribution is 5.94. The maximum absolute atomic E-state index is 14.3. The first kappa shape index (κ1) is 21.2. The number of benzene rings is 1. The number of carbonyl (C=O) groups excluding carboxylic acids is 2. The number of likely N-dealkylation sites (tertiary alicyclic amines) is 1. The molecule has 0 N–H and O–H groups in total. The maximum atomic E-state index is 14.3. The first-order valence-electron chi connectivity index (χ1n) is 10.7. The fourth-order valence-electron chi connectivity index (χ4n) is 4.52. The molecule has 33 heavy (non-hydrogen) atoms. The summed E-state index contributed by atoms with van der Waals surface area (Å²) in [5.41, 5.74) is 0.393. The second kappa shape index (κ2) is 8.34. The lowest BCUT2D eigenvalue weighted by Crippen LogP contribution is -2.39. The number of nitrogens with zero attached hydrogens (tertiary/aromatic N) is 5. The van der Waals surface area contributed by atoms with Gasteiger partial charge >= 0.3 is 0 Å². The Morgan fingerprint density at radius 2 is 1.70 bits per heavy atom. The lowest BCUT2D eigenvalue weighted by Gasteiger charge is -2.27. The third kappa shape index (κ3) is 3.75. The topological polar surface area (TPSA) is 71.3 Å². The van der Waals surface area contributed by atoms with E-state index in [1.54, 1.807) is 10.7 Å². The molecule has 0 spiro atoms. The zero-order valence-corrected chi connectivity index (χ0v) is 17.5. The number of pyridine rings is 1. The van der Waals surface area contributed by atoms with E-state index in [9.17, 15) is 22.8 Å². The number of carbonyl (C=O) groups is 2. The van der Waals surface area contributed by atoms with Crippen molar-refractivity contribution in [1.29, 1.82) is 0 Å². The number of fused-ring (bicyclic) bond motifs is 1. The van der Waals surface area contributed by atoms with Gasteiger partial charge < -0.3 is 9.80 Å². The van der Waals surface area contributed by atoms with Crippen LogP contribution < -0.4 is 0 Å².